The molecule has 0 aliphatic rings. The van der Waals surface area contributed by atoms with Gasteiger partial charge in [-0.2, -0.15) is 0 Å². The molecule has 3 N–H and O–H groups in total. The Kier molecular flexibility index (Phi) is 13.8. The van der Waals surface area contributed by atoms with Gasteiger partial charge in [-0.25, -0.2) is 4.79 Å². The van der Waals surface area contributed by atoms with Crippen molar-refractivity contribution in [1.82, 2.24) is 20.9 Å². The van der Waals surface area contributed by atoms with Crippen LogP contribution >= 0.6 is 0 Å². The molecule has 0 bridgehead atoms. The summed E-state index contributed by atoms with van der Waals surface area (Å²) in [5.41, 5.74) is 5.45. The number of hydrogen-bond donors (Lipinski definition) is 3. The summed E-state index contributed by atoms with van der Waals surface area (Å²) >= 11 is 4.82. The number of urea groups is 1. The van der Waals surface area contributed by atoms with Crippen LogP contribution in [0.3, 0.4) is 0 Å². The first-order chi connectivity index (χ1) is 11.9. The Bertz CT molecular complexity index is 549. The van der Waals surface area contributed by atoms with E-state index < -0.39 is 8.86 Å². The first kappa shape index (κ1) is 23.4. The van der Waals surface area contributed by atoms with E-state index in [1.807, 2.05) is 13.8 Å². The van der Waals surface area contributed by atoms with Gasteiger partial charge in [0.15, 0.2) is 0 Å². The number of nitrogens with one attached hydrogen (secondary N) is 3. The van der Waals surface area contributed by atoms with E-state index in [9.17, 15) is 14.4 Å². The fourth-order valence-corrected chi connectivity index (χ4v) is 2.58. The van der Waals surface area contributed by atoms with Crippen molar-refractivity contribution in [3.63, 3.8) is 0 Å². The molecule has 0 aliphatic heterocycles. The molecule has 0 aromatic rings. The average Bonchev–Trinajstić information content (AvgIpc) is 2.58. The summed E-state index contributed by atoms with van der Waals surface area (Å²) in [7, 11) is -0.655. The molecule has 0 aliphatic carbocycles. The van der Waals surface area contributed by atoms with Crippen molar-refractivity contribution in [3.8, 4) is 5.69 Å². The van der Waals surface area contributed by atoms with Crippen LogP contribution in [0.25, 0.3) is 0 Å². The average molecular weight is 391 g/mol. The van der Waals surface area contributed by atoms with Gasteiger partial charge in [-0.1, -0.05) is 13.8 Å². The Morgan fingerprint density at radius 1 is 0.920 bits per heavy atom. The number of rotatable bonds is 12. The summed E-state index contributed by atoms with van der Waals surface area (Å²) in [5.74, 6) is 0.307. The SMILES string of the molecule is C#S(=S)CCC(=O)NCCNC(=O)N(CCC)CCC(=O)NCCC. The third kappa shape index (κ3) is 13.4. The highest BCUT2D eigenvalue weighted by Gasteiger charge is 2.13. The Balaban J connectivity index is 4.07. The van der Waals surface area contributed by atoms with Gasteiger partial charge in [-0.05, 0) is 24.0 Å². The molecule has 0 spiro atoms. The van der Waals surface area contributed by atoms with Crippen LogP contribution in [-0.2, 0) is 29.6 Å². The van der Waals surface area contributed by atoms with Crippen LogP contribution in [0, 0.1) is 5.69 Å². The maximum Gasteiger partial charge on any atom is 0.317 e. The van der Waals surface area contributed by atoms with Crippen LogP contribution in [0.5, 0.6) is 0 Å². The highest BCUT2D eigenvalue weighted by molar-refractivity contribution is 8.22. The summed E-state index contributed by atoms with van der Waals surface area (Å²) in [6, 6.07) is -0.228. The van der Waals surface area contributed by atoms with Crippen molar-refractivity contribution in [1.29, 1.82) is 0 Å². The van der Waals surface area contributed by atoms with Gasteiger partial charge in [-0.3, -0.25) is 9.59 Å². The largest absolute Gasteiger partial charge is 0.356 e. The topological polar surface area (TPSA) is 90.5 Å². The van der Waals surface area contributed by atoms with E-state index in [0.717, 1.165) is 12.8 Å². The normalized spacial score (nSPS) is 9.96. The molecule has 0 saturated heterocycles. The van der Waals surface area contributed by atoms with Crippen LogP contribution in [-0.4, -0.2) is 61.2 Å². The predicted octanol–water partition coefficient (Wildman–Crippen LogP) is 0.500. The van der Waals surface area contributed by atoms with Gasteiger partial charge in [0.2, 0.25) is 11.8 Å². The van der Waals surface area contributed by atoms with Gasteiger partial charge in [0, 0.05) is 51.3 Å². The van der Waals surface area contributed by atoms with Crippen LogP contribution in [0.1, 0.15) is 39.5 Å². The van der Waals surface area contributed by atoms with E-state index in [4.69, 9.17) is 16.9 Å². The quantitative estimate of drug-likeness (QED) is 0.423. The molecule has 0 aromatic heterocycles. The lowest BCUT2D eigenvalue weighted by Gasteiger charge is -2.22. The van der Waals surface area contributed by atoms with Crippen molar-refractivity contribution in [2.45, 2.75) is 39.5 Å². The lowest BCUT2D eigenvalue weighted by atomic mass is 10.3. The number of amides is 4. The van der Waals surface area contributed by atoms with E-state index in [0.29, 0.717) is 44.9 Å². The van der Waals surface area contributed by atoms with Crippen molar-refractivity contribution in [2.24, 2.45) is 0 Å². The minimum Gasteiger partial charge on any atom is -0.356 e. The lowest BCUT2D eigenvalue weighted by molar-refractivity contribution is -0.121. The lowest BCUT2D eigenvalue weighted by Crippen LogP contribution is -2.44. The highest BCUT2D eigenvalue weighted by atomic mass is 32.8. The fourth-order valence-electron chi connectivity index (χ4n) is 1.94. The van der Waals surface area contributed by atoms with Crippen LogP contribution in [0.15, 0.2) is 0 Å². The van der Waals surface area contributed by atoms with Crippen molar-refractivity contribution in [2.75, 3.05) is 38.5 Å². The minimum atomic E-state index is -0.655. The molecule has 9 heteroatoms. The maximum atomic E-state index is 12.2. The Hall–Kier alpha value is -1.57. The van der Waals surface area contributed by atoms with Crippen LogP contribution in [0.4, 0.5) is 4.79 Å². The molecule has 0 rings (SSSR count). The maximum absolute atomic E-state index is 12.2. The van der Waals surface area contributed by atoms with Gasteiger partial charge in [0.25, 0.3) is 0 Å². The zero-order chi connectivity index (χ0) is 19.1. The van der Waals surface area contributed by atoms with Gasteiger partial charge >= 0.3 is 6.03 Å². The summed E-state index contributed by atoms with van der Waals surface area (Å²) in [4.78, 5) is 36.9. The zero-order valence-corrected chi connectivity index (χ0v) is 16.8. The second-order valence-electron chi connectivity index (χ2n) is 5.50. The van der Waals surface area contributed by atoms with Crippen LogP contribution in [0.2, 0.25) is 0 Å². The Labute approximate surface area is 157 Å². The molecule has 0 heterocycles. The Morgan fingerprint density at radius 2 is 1.52 bits per heavy atom. The highest BCUT2D eigenvalue weighted by Crippen LogP contribution is 1.96. The molecular weight excluding hydrogens is 360 g/mol. The van der Waals surface area contributed by atoms with Gasteiger partial charge in [0.05, 0.1) is 0 Å². The van der Waals surface area contributed by atoms with Crippen molar-refractivity contribution >= 4 is 37.9 Å². The van der Waals surface area contributed by atoms with Crippen molar-refractivity contribution < 1.29 is 14.4 Å². The third-order valence-electron chi connectivity index (χ3n) is 3.22. The first-order valence-electron chi connectivity index (χ1n) is 8.59. The summed E-state index contributed by atoms with van der Waals surface area (Å²) < 4.78 is 0. The molecular formula is C16H30N4O3S2. The van der Waals surface area contributed by atoms with Gasteiger partial charge in [0.1, 0.15) is 0 Å². The van der Waals surface area contributed by atoms with Crippen molar-refractivity contribution in [3.05, 3.63) is 0 Å². The molecule has 0 aromatic carbocycles. The monoisotopic (exact) mass is 390 g/mol. The standard InChI is InChI=1S/C16H30N4O3S2/c1-4-8-17-14(21)6-12-20(11-5-2)16(23)19-10-9-18-15(22)7-13-25(3)24/h3H,4-13H2,1-2H3,(H,17,21)(H,18,22)(H,19,23). The molecule has 0 saturated carbocycles. The summed E-state index contributed by atoms with van der Waals surface area (Å²) in [6.07, 6.45) is 2.27. The molecule has 0 radical (unpaired) electrons. The van der Waals surface area contributed by atoms with E-state index >= 15 is 0 Å². The van der Waals surface area contributed by atoms with Gasteiger partial charge < -0.3 is 20.9 Å². The molecule has 0 unspecified atom stereocenters. The number of carbonyl (C=O) groups excluding carboxylic acids is 3. The van der Waals surface area contributed by atoms with Gasteiger partial charge in [-0.15, -0.1) is 14.5 Å². The first-order valence-corrected chi connectivity index (χ1v) is 11.0. The number of carbonyl (C=O) groups is 3. The molecule has 4 amide bonds. The predicted molar refractivity (Wildman–Crippen MR) is 105 cm³/mol. The second kappa shape index (κ2) is 14.7. The third-order valence-corrected chi connectivity index (χ3v) is 4.32. The number of nitrogens with zero attached hydrogens (tertiary/aromatic N) is 1. The summed E-state index contributed by atoms with van der Waals surface area (Å²) in [6.45, 7) is 6.24. The molecule has 0 atom stereocenters. The summed E-state index contributed by atoms with van der Waals surface area (Å²) in [5, 5.41) is 8.25. The minimum absolute atomic E-state index is 0.0522. The van der Waals surface area contributed by atoms with E-state index in [1.165, 1.54) is 0 Å². The second-order valence-corrected chi connectivity index (χ2v) is 7.96. The molecule has 25 heavy (non-hydrogen) atoms. The van der Waals surface area contributed by atoms with E-state index in [2.05, 4.69) is 16.0 Å². The molecule has 0 fully saturated rings. The zero-order valence-electron chi connectivity index (χ0n) is 15.1. The Morgan fingerprint density at radius 3 is 2.12 bits per heavy atom. The van der Waals surface area contributed by atoms with Crippen LogP contribution < -0.4 is 16.0 Å². The fraction of sp³-hybridized carbons (Fsp3) is 0.750. The molecule has 7 nitrogen and oxygen atoms in total. The smallest absolute Gasteiger partial charge is 0.317 e. The van der Waals surface area contributed by atoms with E-state index in [1.54, 1.807) is 4.90 Å². The number of hydrogen-bond acceptors (Lipinski definition) is 4. The molecule has 144 valence electrons. The van der Waals surface area contributed by atoms with E-state index in [-0.39, 0.29) is 24.3 Å².